The molecule has 0 saturated heterocycles. The van der Waals surface area contributed by atoms with E-state index in [4.69, 9.17) is 14.5 Å². The fourth-order valence-electron chi connectivity index (χ4n) is 3.66. The molecular weight excluding hydrogens is 402 g/mol. The van der Waals surface area contributed by atoms with Crippen LogP contribution in [0.3, 0.4) is 0 Å². The molecule has 0 amide bonds. The average molecular weight is 428 g/mol. The summed E-state index contributed by atoms with van der Waals surface area (Å²) < 4.78 is 38.4. The lowest BCUT2D eigenvalue weighted by molar-refractivity contribution is 0.355. The largest absolute Gasteiger partial charge is 0.493 e. The third-order valence-corrected chi connectivity index (χ3v) is 7.28. The van der Waals surface area contributed by atoms with Crippen molar-refractivity contribution in [2.45, 2.75) is 13.3 Å². The van der Waals surface area contributed by atoms with Crippen LogP contribution in [0.5, 0.6) is 11.5 Å². The maximum atomic E-state index is 12.1. The molecule has 0 spiro atoms. The van der Waals surface area contributed by atoms with Gasteiger partial charge in [-0.05, 0) is 54.8 Å². The van der Waals surface area contributed by atoms with Crippen molar-refractivity contribution < 1.29 is 17.9 Å². The van der Waals surface area contributed by atoms with Gasteiger partial charge in [-0.2, -0.15) is 4.31 Å². The molecule has 2 aromatic heterocycles. The monoisotopic (exact) mass is 427 g/mol. The second kappa shape index (κ2) is 8.12. The molecule has 1 aliphatic heterocycles. The van der Waals surface area contributed by atoms with Crippen LogP contribution < -0.4 is 9.47 Å². The first-order valence-corrected chi connectivity index (χ1v) is 11.4. The van der Waals surface area contributed by atoms with Crippen molar-refractivity contribution in [1.82, 2.24) is 13.7 Å². The van der Waals surface area contributed by atoms with Gasteiger partial charge in [0, 0.05) is 31.0 Å². The van der Waals surface area contributed by atoms with Gasteiger partial charge in [0.1, 0.15) is 5.65 Å². The Hall–Kier alpha value is -2.84. The minimum Gasteiger partial charge on any atom is -0.493 e. The number of imidazole rings is 1. The Morgan fingerprint density at radius 2 is 1.80 bits per heavy atom. The number of hydrogen-bond acceptors (Lipinski definition) is 5. The summed E-state index contributed by atoms with van der Waals surface area (Å²) in [7, 11) is 0.0800. The number of fused-ring (bicyclic) bond motifs is 1. The molecule has 3 aromatic rings. The second-order valence-corrected chi connectivity index (χ2v) is 9.37. The summed E-state index contributed by atoms with van der Waals surface area (Å²) in [5.41, 5.74) is 4.85. The molecule has 0 saturated carbocycles. The van der Waals surface area contributed by atoms with Crippen molar-refractivity contribution in [3.8, 4) is 22.8 Å². The molecule has 1 aliphatic rings. The summed E-state index contributed by atoms with van der Waals surface area (Å²) >= 11 is 0. The number of methoxy groups -OCH3 is 2. The molecule has 0 aliphatic carbocycles. The van der Waals surface area contributed by atoms with Crippen LogP contribution in [0.2, 0.25) is 0 Å². The van der Waals surface area contributed by atoms with Gasteiger partial charge in [-0.25, -0.2) is 13.4 Å². The molecule has 0 unspecified atom stereocenters. The van der Waals surface area contributed by atoms with E-state index >= 15 is 0 Å². The van der Waals surface area contributed by atoms with Gasteiger partial charge in [0.2, 0.25) is 10.0 Å². The van der Waals surface area contributed by atoms with Crippen molar-refractivity contribution in [3.63, 3.8) is 0 Å². The number of hydrogen-bond donors (Lipinski definition) is 0. The van der Waals surface area contributed by atoms with Gasteiger partial charge < -0.3 is 13.9 Å². The van der Waals surface area contributed by atoms with E-state index in [9.17, 15) is 8.42 Å². The Morgan fingerprint density at radius 3 is 2.47 bits per heavy atom. The first kappa shape index (κ1) is 20.4. The molecule has 0 atom stereocenters. The Kier molecular flexibility index (Phi) is 5.53. The van der Waals surface area contributed by atoms with Crippen LogP contribution in [0.1, 0.15) is 18.9 Å². The topological polar surface area (TPSA) is 73.1 Å². The predicted octanol–water partition coefficient (Wildman–Crippen LogP) is 3.46. The zero-order chi connectivity index (χ0) is 21.3. The highest BCUT2D eigenvalue weighted by molar-refractivity contribution is 7.89. The van der Waals surface area contributed by atoms with Crippen LogP contribution in [-0.4, -0.2) is 55.2 Å². The van der Waals surface area contributed by atoms with E-state index in [1.165, 1.54) is 0 Å². The van der Waals surface area contributed by atoms with Crippen LogP contribution in [-0.2, 0) is 10.0 Å². The minimum absolute atomic E-state index is 0.135. The smallest absolute Gasteiger partial charge is 0.214 e. The SMILES string of the molecule is CCS(=O)(=O)N1CC=C(c2ccc3nc(-c4ccc(OC)c(OC)c4)cn3c2)CC1. The summed E-state index contributed by atoms with van der Waals surface area (Å²) in [5.74, 6) is 1.47. The Labute approximate surface area is 176 Å². The number of sulfonamides is 1. The number of rotatable bonds is 6. The molecule has 4 rings (SSSR count). The zero-order valence-corrected chi connectivity index (χ0v) is 18.1. The molecule has 0 radical (unpaired) electrons. The average Bonchev–Trinajstić information content (AvgIpc) is 3.22. The Morgan fingerprint density at radius 1 is 1.03 bits per heavy atom. The van der Waals surface area contributed by atoms with Gasteiger partial charge in [-0.15, -0.1) is 0 Å². The first-order chi connectivity index (χ1) is 14.4. The number of ether oxygens (including phenoxy) is 2. The fourth-order valence-corrected chi connectivity index (χ4v) is 4.70. The highest BCUT2D eigenvalue weighted by Crippen LogP contribution is 2.32. The maximum Gasteiger partial charge on any atom is 0.214 e. The minimum atomic E-state index is -3.15. The molecule has 158 valence electrons. The summed E-state index contributed by atoms with van der Waals surface area (Å²) in [4.78, 5) is 4.72. The van der Waals surface area contributed by atoms with Crippen molar-refractivity contribution >= 4 is 21.2 Å². The van der Waals surface area contributed by atoms with Gasteiger partial charge in [0.25, 0.3) is 0 Å². The van der Waals surface area contributed by atoms with Gasteiger partial charge in [0.05, 0.1) is 25.7 Å². The summed E-state index contributed by atoms with van der Waals surface area (Å²) in [6, 6.07) is 9.75. The van der Waals surface area contributed by atoms with E-state index in [1.54, 1.807) is 25.4 Å². The predicted molar refractivity (Wildman–Crippen MR) is 117 cm³/mol. The van der Waals surface area contributed by atoms with E-state index in [0.29, 0.717) is 31.0 Å². The lowest BCUT2D eigenvalue weighted by atomic mass is 10.0. The van der Waals surface area contributed by atoms with Crippen molar-refractivity contribution in [2.75, 3.05) is 33.1 Å². The van der Waals surface area contributed by atoms with E-state index in [1.807, 2.05) is 53.2 Å². The highest BCUT2D eigenvalue weighted by atomic mass is 32.2. The summed E-state index contributed by atoms with van der Waals surface area (Å²) in [6.07, 6.45) is 6.73. The van der Waals surface area contributed by atoms with Gasteiger partial charge in [-0.1, -0.05) is 6.08 Å². The van der Waals surface area contributed by atoms with Crippen LogP contribution in [0.25, 0.3) is 22.5 Å². The summed E-state index contributed by atoms with van der Waals surface area (Å²) in [5, 5.41) is 0. The Bertz CT molecular complexity index is 1210. The highest BCUT2D eigenvalue weighted by Gasteiger charge is 2.22. The number of pyridine rings is 1. The molecule has 30 heavy (non-hydrogen) atoms. The molecule has 0 bridgehead atoms. The van der Waals surface area contributed by atoms with Crippen LogP contribution >= 0.6 is 0 Å². The Balaban J connectivity index is 1.62. The molecule has 8 heteroatoms. The lowest BCUT2D eigenvalue weighted by Gasteiger charge is -2.25. The molecule has 3 heterocycles. The molecule has 0 N–H and O–H groups in total. The molecule has 7 nitrogen and oxygen atoms in total. The summed E-state index contributed by atoms with van der Waals surface area (Å²) in [6.45, 7) is 2.61. The maximum absolute atomic E-state index is 12.1. The number of aromatic nitrogens is 2. The van der Waals surface area contributed by atoms with Crippen molar-refractivity contribution in [3.05, 3.63) is 54.4 Å². The number of benzene rings is 1. The van der Waals surface area contributed by atoms with E-state index in [-0.39, 0.29) is 5.75 Å². The second-order valence-electron chi connectivity index (χ2n) is 7.12. The van der Waals surface area contributed by atoms with Gasteiger partial charge in [-0.3, -0.25) is 0 Å². The lowest BCUT2D eigenvalue weighted by Crippen LogP contribution is -2.35. The van der Waals surface area contributed by atoms with Crippen LogP contribution in [0.4, 0.5) is 0 Å². The van der Waals surface area contributed by atoms with Crippen molar-refractivity contribution in [1.29, 1.82) is 0 Å². The number of nitrogens with zero attached hydrogens (tertiary/aromatic N) is 3. The third-order valence-electron chi connectivity index (χ3n) is 5.43. The van der Waals surface area contributed by atoms with E-state index in [0.717, 1.165) is 28.0 Å². The first-order valence-electron chi connectivity index (χ1n) is 9.83. The standard InChI is InChI=1S/C22H25N3O4S/c1-4-30(26,27)25-11-9-16(10-12-25)18-6-8-22-23-19(15-24(22)14-18)17-5-7-20(28-2)21(13-17)29-3/h5-9,13-15H,4,10-12H2,1-3H3. The van der Waals surface area contributed by atoms with E-state index in [2.05, 4.69) is 0 Å². The molecule has 0 fully saturated rings. The normalized spacial score (nSPS) is 15.2. The van der Waals surface area contributed by atoms with Gasteiger partial charge >= 0.3 is 0 Å². The fraction of sp³-hybridized carbons (Fsp3) is 0.318. The molecule has 1 aromatic carbocycles. The van der Waals surface area contributed by atoms with E-state index < -0.39 is 10.0 Å². The van der Waals surface area contributed by atoms with Crippen LogP contribution in [0, 0.1) is 0 Å². The third kappa shape index (κ3) is 3.80. The quantitative estimate of drug-likeness (QED) is 0.602. The van der Waals surface area contributed by atoms with Crippen molar-refractivity contribution in [2.24, 2.45) is 0 Å². The zero-order valence-electron chi connectivity index (χ0n) is 17.3. The van der Waals surface area contributed by atoms with Gasteiger partial charge in [0.15, 0.2) is 11.5 Å². The van der Waals surface area contributed by atoms with Crippen LogP contribution in [0.15, 0.2) is 48.8 Å². The molecular formula is C22H25N3O4S.